The molecule has 0 aromatic carbocycles. The summed E-state index contributed by atoms with van der Waals surface area (Å²) in [4.78, 5) is 11.1. The van der Waals surface area contributed by atoms with Crippen molar-refractivity contribution in [1.29, 1.82) is 0 Å². The van der Waals surface area contributed by atoms with Gasteiger partial charge in [-0.3, -0.25) is 4.79 Å². The van der Waals surface area contributed by atoms with Gasteiger partial charge in [-0.05, 0) is 12.8 Å². The van der Waals surface area contributed by atoms with Gasteiger partial charge in [0.1, 0.15) is 0 Å². The molecule has 77 valence electrons. The summed E-state index contributed by atoms with van der Waals surface area (Å²) < 4.78 is 0. The highest BCUT2D eigenvalue weighted by Gasteiger charge is 1.97. The Morgan fingerprint density at radius 2 is 2.00 bits per heavy atom. The van der Waals surface area contributed by atoms with Gasteiger partial charge in [-0.25, -0.2) is 0 Å². The van der Waals surface area contributed by atoms with Crippen LogP contribution in [0.25, 0.3) is 0 Å². The number of hydrogen-bond acceptors (Lipinski definition) is 1. The van der Waals surface area contributed by atoms with Crippen LogP contribution in [0.4, 0.5) is 0 Å². The number of amides is 1. The average Bonchev–Trinajstić information content (AvgIpc) is 2.14. The van der Waals surface area contributed by atoms with E-state index in [-0.39, 0.29) is 5.91 Å². The molecule has 0 aromatic heterocycles. The number of rotatable bonds is 8. The van der Waals surface area contributed by atoms with Crippen LogP contribution < -0.4 is 5.32 Å². The third-order valence-electron chi connectivity index (χ3n) is 2.01. The normalized spacial score (nSPS) is 10.0. The summed E-state index contributed by atoms with van der Waals surface area (Å²) in [6.07, 6.45) is 7.23. The highest BCUT2D eigenvalue weighted by molar-refractivity contribution is 5.75. The molecule has 0 spiro atoms. The van der Waals surface area contributed by atoms with Crippen LogP contribution in [0.3, 0.4) is 0 Å². The summed E-state index contributed by atoms with van der Waals surface area (Å²) in [5, 5.41) is 2.92. The molecule has 0 saturated heterocycles. The first kappa shape index (κ1) is 12.5. The second-order valence-electron chi connectivity index (χ2n) is 3.37. The van der Waals surface area contributed by atoms with E-state index in [2.05, 4.69) is 19.2 Å². The summed E-state index contributed by atoms with van der Waals surface area (Å²) >= 11 is 0. The molecule has 1 N–H and O–H groups in total. The lowest BCUT2D eigenvalue weighted by atomic mass is 10.2. The van der Waals surface area contributed by atoms with Crippen molar-refractivity contribution in [2.45, 2.75) is 51.9 Å². The van der Waals surface area contributed by atoms with E-state index in [9.17, 15) is 4.79 Å². The Kier molecular flexibility index (Phi) is 9.17. The van der Waals surface area contributed by atoms with Crippen molar-refractivity contribution in [3.63, 3.8) is 0 Å². The Morgan fingerprint density at radius 1 is 1.23 bits per heavy atom. The van der Waals surface area contributed by atoms with E-state index in [0.717, 1.165) is 32.2 Å². The fourth-order valence-electron chi connectivity index (χ4n) is 1.13. The zero-order chi connectivity index (χ0) is 9.94. The summed E-state index contributed by atoms with van der Waals surface area (Å²) in [6.45, 7) is 6.71. The van der Waals surface area contributed by atoms with Gasteiger partial charge >= 0.3 is 0 Å². The maximum Gasteiger partial charge on any atom is 0.219 e. The number of carbonyl (C=O) groups is 1. The third-order valence-corrected chi connectivity index (χ3v) is 2.01. The number of unbranched alkanes of at least 4 members (excludes halogenated alkanes) is 4. The number of nitrogens with one attached hydrogen (secondary N) is 1. The Labute approximate surface area is 82.1 Å². The van der Waals surface area contributed by atoms with Crippen molar-refractivity contribution >= 4 is 5.91 Å². The van der Waals surface area contributed by atoms with E-state index in [4.69, 9.17) is 0 Å². The smallest absolute Gasteiger partial charge is 0.219 e. The van der Waals surface area contributed by atoms with Crippen LogP contribution in [-0.4, -0.2) is 12.5 Å². The van der Waals surface area contributed by atoms with Gasteiger partial charge < -0.3 is 5.32 Å². The molecule has 0 bridgehead atoms. The molecule has 0 fully saturated rings. The summed E-state index contributed by atoms with van der Waals surface area (Å²) in [5.74, 6) is 0.205. The highest BCUT2D eigenvalue weighted by atomic mass is 16.1. The van der Waals surface area contributed by atoms with Gasteiger partial charge in [0.25, 0.3) is 0 Å². The van der Waals surface area contributed by atoms with Crippen molar-refractivity contribution in [3.05, 3.63) is 6.92 Å². The lowest BCUT2D eigenvalue weighted by molar-refractivity contribution is -0.121. The zero-order valence-corrected chi connectivity index (χ0v) is 8.77. The average molecular weight is 184 g/mol. The van der Waals surface area contributed by atoms with Gasteiger partial charge in [-0.15, -0.1) is 0 Å². The van der Waals surface area contributed by atoms with Crippen molar-refractivity contribution < 1.29 is 4.79 Å². The zero-order valence-electron chi connectivity index (χ0n) is 8.77. The van der Waals surface area contributed by atoms with E-state index >= 15 is 0 Å². The predicted molar refractivity (Wildman–Crippen MR) is 56.4 cm³/mol. The molecule has 0 heterocycles. The minimum absolute atomic E-state index is 0.205. The SMILES string of the molecule is [CH2]CCCCCNC(=O)CCCC. The van der Waals surface area contributed by atoms with E-state index in [1.807, 2.05) is 0 Å². The van der Waals surface area contributed by atoms with Crippen LogP contribution in [0.2, 0.25) is 0 Å². The molecule has 0 aromatic rings. The summed E-state index contributed by atoms with van der Waals surface area (Å²) in [6, 6.07) is 0. The van der Waals surface area contributed by atoms with Gasteiger partial charge in [0.05, 0.1) is 0 Å². The summed E-state index contributed by atoms with van der Waals surface area (Å²) in [5.41, 5.74) is 0. The third kappa shape index (κ3) is 9.38. The van der Waals surface area contributed by atoms with Gasteiger partial charge in [0, 0.05) is 13.0 Å². The fraction of sp³-hybridized carbons (Fsp3) is 0.818. The number of hydrogen-bond donors (Lipinski definition) is 1. The van der Waals surface area contributed by atoms with E-state index in [1.54, 1.807) is 0 Å². The molecule has 1 amide bonds. The Bertz CT molecular complexity index is 123. The standard InChI is InChI=1S/C11H22NO/c1-3-5-7-8-10-12-11(13)9-6-4-2/h1,3-10H2,2H3,(H,12,13). The highest BCUT2D eigenvalue weighted by Crippen LogP contribution is 1.97. The van der Waals surface area contributed by atoms with Gasteiger partial charge in [-0.1, -0.05) is 39.5 Å². The summed E-state index contributed by atoms with van der Waals surface area (Å²) in [7, 11) is 0. The minimum Gasteiger partial charge on any atom is -0.356 e. The van der Waals surface area contributed by atoms with Crippen LogP contribution in [-0.2, 0) is 4.79 Å². The molecule has 2 heteroatoms. The topological polar surface area (TPSA) is 29.1 Å². The second-order valence-corrected chi connectivity index (χ2v) is 3.37. The van der Waals surface area contributed by atoms with Crippen molar-refractivity contribution in [2.24, 2.45) is 0 Å². The van der Waals surface area contributed by atoms with Crippen LogP contribution in [0.1, 0.15) is 51.9 Å². The fourth-order valence-corrected chi connectivity index (χ4v) is 1.13. The van der Waals surface area contributed by atoms with Crippen LogP contribution in [0, 0.1) is 6.92 Å². The van der Waals surface area contributed by atoms with Gasteiger partial charge in [0.15, 0.2) is 0 Å². The van der Waals surface area contributed by atoms with Crippen LogP contribution in [0.5, 0.6) is 0 Å². The van der Waals surface area contributed by atoms with Crippen LogP contribution in [0.15, 0.2) is 0 Å². The van der Waals surface area contributed by atoms with Crippen molar-refractivity contribution in [1.82, 2.24) is 5.32 Å². The monoisotopic (exact) mass is 184 g/mol. The molecule has 0 aliphatic carbocycles. The molecule has 0 saturated carbocycles. The second kappa shape index (κ2) is 9.56. The number of carbonyl (C=O) groups excluding carboxylic acids is 1. The molecule has 0 aliphatic heterocycles. The molecule has 1 radical (unpaired) electrons. The van der Waals surface area contributed by atoms with Crippen molar-refractivity contribution in [2.75, 3.05) is 6.54 Å². The molecule has 13 heavy (non-hydrogen) atoms. The van der Waals surface area contributed by atoms with Gasteiger partial charge in [0.2, 0.25) is 5.91 Å². The van der Waals surface area contributed by atoms with Crippen molar-refractivity contribution in [3.8, 4) is 0 Å². The molecule has 2 nitrogen and oxygen atoms in total. The molecule has 0 aliphatic rings. The van der Waals surface area contributed by atoms with E-state index < -0.39 is 0 Å². The Balaban J connectivity index is 3.08. The van der Waals surface area contributed by atoms with E-state index in [0.29, 0.717) is 6.42 Å². The first-order valence-corrected chi connectivity index (χ1v) is 5.37. The molecule has 0 rings (SSSR count). The Hall–Kier alpha value is -0.530. The van der Waals surface area contributed by atoms with Crippen LogP contribution >= 0.6 is 0 Å². The molecular formula is C11H22NO. The lowest BCUT2D eigenvalue weighted by Crippen LogP contribution is -2.23. The maximum atomic E-state index is 11.1. The first-order valence-electron chi connectivity index (χ1n) is 5.37. The predicted octanol–water partition coefficient (Wildman–Crippen LogP) is 2.69. The largest absolute Gasteiger partial charge is 0.356 e. The first-order chi connectivity index (χ1) is 6.31. The molecular weight excluding hydrogens is 162 g/mol. The quantitative estimate of drug-likeness (QED) is 0.577. The maximum absolute atomic E-state index is 11.1. The minimum atomic E-state index is 0.205. The lowest BCUT2D eigenvalue weighted by Gasteiger charge is -2.03. The van der Waals surface area contributed by atoms with Gasteiger partial charge in [-0.2, -0.15) is 0 Å². The Morgan fingerprint density at radius 3 is 2.62 bits per heavy atom. The van der Waals surface area contributed by atoms with E-state index in [1.165, 1.54) is 12.8 Å². The molecule has 0 atom stereocenters. The molecule has 0 unspecified atom stereocenters.